The molecule has 2 amide bonds. The first-order valence-electron chi connectivity index (χ1n) is 4.48. The van der Waals surface area contributed by atoms with E-state index in [1.807, 2.05) is 0 Å². The van der Waals surface area contributed by atoms with Crippen LogP contribution in [0.2, 0.25) is 0 Å². The number of carbonyl (C=O) groups is 1. The molecule has 0 bridgehead atoms. The van der Waals surface area contributed by atoms with Crippen molar-refractivity contribution in [3.05, 3.63) is 12.2 Å². The quantitative estimate of drug-likeness (QED) is 0.638. The van der Waals surface area contributed by atoms with Gasteiger partial charge in [0.25, 0.3) is 0 Å². The van der Waals surface area contributed by atoms with Crippen LogP contribution in [0.1, 0.15) is 26.2 Å². The predicted molar refractivity (Wildman–Crippen MR) is 48.7 cm³/mol. The van der Waals surface area contributed by atoms with E-state index in [2.05, 4.69) is 19.1 Å². The van der Waals surface area contributed by atoms with Gasteiger partial charge in [-0.15, -0.1) is 0 Å². The van der Waals surface area contributed by atoms with Crippen LogP contribution in [0.15, 0.2) is 12.2 Å². The molecule has 1 aliphatic rings. The van der Waals surface area contributed by atoms with Gasteiger partial charge < -0.3 is 10.6 Å². The van der Waals surface area contributed by atoms with Crippen LogP contribution in [0, 0.1) is 0 Å². The topological polar surface area (TPSA) is 46.3 Å². The van der Waals surface area contributed by atoms with Gasteiger partial charge in [0.1, 0.15) is 0 Å². The van der Waals surface area contributed by atoms with E-state index in [1.165, 1.54) is 0 Å². The van der Waals surface area contributed by atoms with Crippen LogP contribution in [0.3, 0.4) is 0 Å². The number of hydrogen-bond donors (Lipinski definition) is 1. The van der Waals surface area contributed by atoms with Gasteiger partial charge >= 0.3 is 6.03 Å². The Balaban J connectivity index is 2.52. The molecule has 0 spiro atoms. The Morgan fingerprint density at radius 1 is 1.75 bits per heavy atom. The van der Waals surface area contributed by atoms with Crippen molar-refractivity contribution in [1.82, 2.24) is 4.90 Å². The predicted octanol–water partition coefficient (Wildman–Crippen LogP) is 1.50. The lowest BCUT2D eigenvalue weighted by atomic mass is 10.2. The largest absolute Gasteiger partial charge is 0.351 e. The van der Waals surface area contributed by atoms with Gasteiger partial charge in [-0.05, 0) is 19.3 Å². The number of urea groups is 1. The first-order valence-corrected chi connectivity index (χ1v) is 4.48. The third-order valence-electron chi connectivity index (χ3n) is 2.14. The fraction of sp³-hybridized carbons (Fsp3) is 0.667. The molecular weight excluding hydrogens is 152 g/mol. The Morgan fingerprint density at radius 2 is 2.50 bits per heavy atom. The molecule has 0 aromatic rings. The molecule has 1 atom stereocenters. The monoisotopic (exact) mass is 168 g/mol. The fourth-order valence-electron chi connectivity index (χ4n) is 1.56. The summed E-state index contributed by atoms with van der Waals surface area (Å²) >= 11 is 0. The van der Waals surface area contributed by atoms with Crippen LogP contribution in [0.5, 0.6) is 0 Å². The lowest BCUT2D eigenvalue weighted by molar-refractivity contribution is 0.194. The molecular formula is C9H16N2O. The van der Waals surface area contributed by atoms with Crippen LogP contribution < -0.4 is 5.73 Å². The second-order valence-electron chi connectivity index (χ2n) is 3.10. The summed E-state index contributed by atoms with van der Waals surface area (Å²) in [6, 6.07) is -0.0455. The van der Waals surface area contributed by atoms with Gasteiger partial charge in [0.2, 0.25) is 0 Å². The van der Waals surface area contributed by atoms with Gasteiger partial charge in [0, 0.05) is 6.54 Å². The Labute approximate surface area is 73.2 Å². The molecule has 0 aromatic heterocycles. The second-order valence-corrected chi connectivity index (χ2v) is 3.10. The average Bonchev–Trinajstić information content (AvgIpc) is 2.51. The van der Waals surface area contributed by atoms with Gasteiger partial charge in [0.05, 0.1) is 6.04 Å². The molecule has 0 heterocycles. The molecule has 12 heavy (non-hydrogen) atoms. The van der Waals surface area contributed by atoms with Gasteiger partial charge in [-0.25, -0.2) is 4.79 Å². The van der Waals surface area contributed by atoms with Crippen LogP contribution >= 0.6 is 0 Å². The molecule has 3 heteroatoms. The van der Waals surface area contributed by atoms with E-state index in [-0.39, 0.29) is 12.1 Å². The molecule has 1 aliphatic carbocycles. The Kier molecular flexibility index (Phi) is 3.14. The van der Waals surface area contributed by atoms with Crippen molar-refractivity contribution >= 4 is 6.03 Å². The molecule has 0 radical (unpaired) electrons. The Hall–Kier alpha value is -0.990. The molecule has 1 unspecified atom stereocenters. The summed E-state index contributed by atoms with van der Waals surface area (Å²) < 4.78 is 0. The number of hydrogen-bond acceptors (Lipinski definition) is 1. The number of primary amides is 1. The zero-order chi connectivity index (χ0) is 8.97. The van der Waals surface area contributed by atoms with Crippen molar-refractivity contribution in [3.63, 3.8) is 0 Å². The van der Waals surface area contributed by atoms with Crippen LogP contribution in [0.4, 0.5) is 4.79 Å². The normalized spacial score (nSPS) is 21.2. The van der Waals surface area contributed by atoms with Gasteiger partial charge in [-0.3, -0.25) is 0 Å². The number of carbonyl (C=O) groups excluding carboxylic acids is 1. The molecule has 3 nitrogen and oxygen atoms in total. The summed E-state index contributed by atoms with van der Waals surface area (Å²) in [5.41, 5.74) is 5.26. The van der Waals surface area contributed by atoms with E-state index >= 15 is 0 Å². The summed E-state index contributed by atoms with van der Waals surface area (Å²) in [5, 5.41) is 0. The zero-order valence-electron chi connectivity index (χ0n) is 7.49. The molecule has 0 aliphatic heterocycles. The molecule has 0 saturated carbocycles. The Bertz CT molecular complexity index is 189. The minimum absolute atomic E-state index is 0.252. The molecule has 0 fully saturated rings. The van der Waals surface area contributed by atoms with Gasteiger partial charge in [-0.2, -0.15) is 0 Å². The summed E-state index contributed by atoms with van der Waals surface area (Å²) in [7, 11) is 0. The van der Waals surface area contributed by atoms with Crippen molar-refractivity contribution in [2.45, 2.75) is 32.2 Å². The third kappa shape index (κ3) is 2.00. The second kappa shape index (κ2) is 4.14. The highest BCUT2D eigenvalue weighted by Gasteiger charge is 2.20. The summed E-state index contributed by atoms with van der Waals surface area (Å²) in [5.74, 6) is 0. The number of allylic oxidation sites excluding steroid dienone is 1. The summed E-state index contributed by atoms with van der Waals surface area (Å²) in [6.07, 6.45) is 7.24. The number of rotatable bonds is 3. The first kappa shape index (κ1) is 9.10. The maximum Gasteiger partial charge on any atom is 0.315 e. The van der Waals surface area contributed by atoms with Crippen molar-refractivity contribution in [2.75, 3.05) is 6.54 Å². The fourth-order valence-corrected chi connectivity index (χ4v) is 1.56. The van der Waals surface area contributed by atoms with Crippen LogP contribution in [-0.4, -0.2) is 23.5 Å². The Morgan fingerprint density at radius 3 is 2.92 bits per heavy atom. The molecule has 2 N–H and O–H groups in total. The number of nitrogens with zero attached hydrogens (tertiary/aromatic N) is 1. The highest BCUT2D eigenvalue weighted by atomic mass is 16.2. The molecule has 1 rings (SSSR count). The summed E-state index contributed by atoms with van der Waals surface area (Å²) in [4.78, 5) is 12.7. The first-order chi connectivity index (χ1) is 5.75. The third-order valence-corrected chi connectivity index (χ3v) is 2.14. The lowest BCUT2D eigenvalue weighted by Crippen LogP contribution is -2.42. The minimum Gasteiger partial charge on any atom is -0.351 e. The van der Waals surface area contributed by atoms with Crippen molar-refractivity contribution < 1.29 is 4.79 Å². The summed E-state index contributed by atoms with van der Waals surface area (Å²) in [6.45, 7) is 2.82. The number of amides is 2. The minimum atomic E-state index is -0.298. The molecule has 68 valence electrons. The maximum atomic E-state index is 11.0. The van der Waals surface area contributed by atoms with E-state index in [4.69, 9.17) is 5.73 Å². The van der Waals surface area contributed by atoms with Gasteiger partial charge in [-0.1, -0.05) is 19.1 Å². The van der Waals surface area contributed by atoms with Crippen LogP contribution in [-0.2, 0) is 0 Å². The maximum absolute atomic E-state index is 11.0. The zero-order valence-corrected chi connectivity index (χ0v) is 7.49. The highest BCUT2D eigenvalue weighted by Crippen LogP contribution is 2.16. The highest BCUT2D eigenvalue weighted by molar-refractivity contribution is 5.72. The van der Waals surface area contributed by atoms with E-state index < -0.39 is 0 Å². The molecule has 0 aromatic carbocycles. The van der Waals surface area contributed by atoms with E-state index in [0.29, 0.717) is 0 Å². The lowest BCUT2D eigenvalue weighted by Gasteiger charge is -2.25. The van der Waals surface area contributed by atoms with E-state index in [0.717, 1.165) is 25.8 Å². The van der Waals surface area contributed by atoms with Crippen LogP contribution in [0.25, 0.3) is 0 Å². The standard InChI is InChI=1S/C9H16N2O/c1-2-7-11(9(10)12)8-5-3-4-6-8/h3,5,8H,2,4,6-7H2,1H3,(H2,10,12). The smallest absolute Gasteiger partial charge is 0.315 e. The molecule has 0 saturated heterocycles. The average molecular weight is 168 g/mol. The number of nitrogens with two attached hydrogens (primary N) is 1. The van der Waals surface area contributed by atoms with E-state index in [1.54, 1.807) is 4.90 Å². The van der Waals surface area contributed by atoms with Crippen molar-refractivity contribution in [2.24, 2.45) is 5.73 Å². The van der Waals surface area contributed by atoms with Crippen molar-refractivity contribution in [1.29, 1.82) is 0 Å². The van der Waals surface area contributed by atoms with E-state index in [9.17, 15) is 4.79 Å². The van der Waals surface area contributed by atoms with Gasteiger partial charge in [0.15, 0.2) is 0 Å². The van der Waals surface area contributed by atoms with Crippen molar-refractivity contribution in [3.8, 4) is 0 Å². The SMILES string of the molecule is CCCN(C(N)=O)C1C=CCC1.